The Morgan fingerprint density at radius 2 is 1.97 bits per heavy atom. The lowest BCUT2D eigenvalue weighted by Gasteiger charge is -2.44. The fourth-order valence-corrected chi connectivity index (χ4v) is 5.42. The van der Waals surface area contributed by atoms with E-state index in [9.17, 15) is 14.4 Å². The molecule has 0 unspecified atom stereocenters. The molecule has 7 nitrogen and oxygen atoms in total. The number of carbonyl (C=O) groups is 3. The summed E-state index contributed by atoms with van der Waals surface area (Å²) in [6.45, 7) is 6.09. The maximum atomic E-state index is 13.6. The number of hydrogen-bond donors (Lipinski definition) is 1. The van der Waals surface area contributed by atoms with Gasteiger partial charge in [-0.1, -0.05) is 48.7 Å². The Balaban J connectivity index is 1.74. The number of benzene rings is 1. The number of unbranched alkanes of at least 4 members (excludes halogenated alkanes) is 1. The molecule has 1 aromatic carbocycles. The third-order valence-corrected chi connectivity index (χ3v) is 7.36. The number of rotatable bonds is 13. The molecule has 3 rings (SSSR count). The number of esters is 1. The Labute approximate surface area is 223 Å². The van der Waals surface area contributed by atoms with Crippen LogP contribution in [0.1, 0.15) is 64.4 Å². The molecular formula is C27H36Cl2N2O5. The fourth-order valence-electron chi connectivity index (χ4n) is 4.95. The van der Waals surface area contributed by atoms with Crippen LogP contribution in [0, 0.1) is 11.3 Å². The first-order chi connectivity index (χ1) is 17.3. The number of halogens is 2. The van der Waals surface area contributed by atoms with Gasteiger partial charge in [0.05, 0.1) is 13.2 Å². The Hall–Kier alpha value is -2.09. The van der Waals surface area contributed by atoms with Gasteiger partial charge >= 0.3 is 5.97 Å². The van der Waals surface area contributed by atoms with Crippen molar-refractivity contribution < 1.29 is 23.9 Å². The van der Waals surface area contributed by atoms with E-state index in [1.807, 2.05) is 6.08 Å². The molecule has 1 aliphatic carbocycles. The third-order valence-electron chi connectivity index (χ3n) is 6.77. The van der Waals surface area contributed by atoms with Crippen LogP contribution < -0.4 is 5.32 Å². The highest BCUT2D eigenvalue weighted by molar-refractivity contribution is 6.35. The van der Waals surface area contributed by atoms with Crippen molar-refractivity contribution in [3.8, 4) is 0 Å². The number of piperidine rings is 1. The van der Waals surface area contributed by atoms with Crippen LogP contribution in [0.4, 0.5) is 0 Å². The second-order valence-electron chi connectivity index (χ2n) is 9.37. The van der Waals surface area contributed by atoms with Gasteiger partial charge < -0.3 is 19.7 Å². The largest absolute Gasteiger partial charge is 0.465 e. The van der Waals surface area contributed by atoms with Gasteiger partial charge in [-0.3, -0.25) is 14.4 Å². The molecule has 1 heterocycles. The van der Waals surface area contributed by atoms with Gasteiger partial charge in [0.15, 0.2) is 0 Å². The molecule has 0 spiro atoms. The summed E-state index contributed by atoms with van der Waals surface area (Å²) in [6, 6.07) is 5.12. The topological polar surface area (TPSA) is 84.9 Å². The van der Waals surface area contributed by atoms with Crippen molar-refractivity contribution in [2.45, 2.75) is 65.3 Å². The molecule has 2 aliphatic rings. The summed E-state index contributed by atoms with van der Waals surface area (Å²) < 4.78 is 11.0. The van der Waals surface area contributed by atoms with E-state index in [-0.39, 0.29) is 43.8 Å². The molecule has 2 atom stereocenters. The van der Waals surface area contributed by atoms with Gasteiger partial charge in [0.2, 0.25) is 11.8 Å². The highest BCUT2D eigenvalue weighted by Gasteiger charge is 2.55. The van der Waals surface area contributed by atoms with Crippen molar-refractivity contribution in [1.82, 2.24) is 10.2 Å². The number of nitrogens with one attached hydrogen (secondary N) is 1. The van der Waals surface area contributed by atoms with Gasteiger partial charge in [-0.2, -0.15) is 0 Å². The first kappa shape index (κ1) is 28.5. The van der Waals surface area contributed by atoms with Gasteiger partial charge in [0, 0.05) is 47.8 Å². The second-order valence-corrected chi connectivity index (χ2v) is 10.2. The molecule has 9 heteroatoms. The van der Waals surface area contributed by atoms with Crippen LogP contribution in [0.2, 0.25) is 10.0 Å². The normalized spacial score (nSPS) is 21.2. The number of hydrogen-bond acceptors (Lipinski definition) is 5. The molecule has 0 saturated carbocycles. The zero-order valence-corrected chi connectivity index (χ0v) is 22.6. The molecule has 198 valence electrons. The molecule has 2 amide bonds. The van der Waals surface area contributed by atoms with Crippen molar-refractivity contribution in [1.29, 1.82) is 0 Å². The number of ether oxygens (including phenoxy) is 2. The van der Waals surface area contributed by atoms with Crippen LogP contribution in [-0.2, 0) is 30.4 Å². The van der Waals surface area contributed by atoms with Crippen molar-refractivity contribution in [2.75, 3.05) is 26.4 Å². The van der Waals surface area contributed by atoms with Crippen molar-refractivity contribution in [3.05, 3.63) is 45.6 Å². The first-order valence-electron chi connectivity index (χ1n) is 12.8. The summed E-state index contributed by atoms with van der Waals surface area (Å²) >= 11 is 12.5. The molecular weight excluding hydrogens is 503 g/mol. The Kier molecular flexibility index (Phi) is 10.6. The zero-order chi connectivity index (χ0) is 26.1. The lowest BCUT2D eigenvalue weighted by Crippen LogP contribution is -2.52. The van der Waals surface area contributed by atoms with Crippen molar-refractivity contribution in [2.24, 2.45) is 11.3 Å². The second kappa shape index (κ2) is 13.5. The minimum absolute atomic E-state index is 0.00874. The van der Waals surface area contributed by atoms with E-state index in [0.29, 0.717) is 53.7 Å². The number of allylic oxidation sites excluding steroid dienone is 1. The van der Waals surface area contributed by atoms with E-state index in [1.165, 1.54) is 0 Å². The van der Waals surface area contributed by atoms with E-state index in [4.69, 9.17) is 32.7 Å². The Morgan fingerprint density at radius 3 is 2.69 bits per heavy atom. The SMILES string of the molecule is CCCCOCCCNC(=O)C[C@@H]1C[C@@]2(C(=O)OCC)CCC=C2N(Cc2ccc(Cl)cc2Cl)C1=O. The van der Waals surface area contributed by atoms with Crippen LogP contribution in [0.25, 0.3) is 0 Å². The molecule has 1 fully saturated rings. The van der Waals surface area contributed by atoms with Crippen LogP contribution >= 0.6 is 23.2 Å². The van der Waals surface area contributed by atoms with E-state index < -0.39 is 11.3 Å². The number of carbonyl (C=O) groups excluding carboxylic acids is 3. The molecule has 0 radical (unpaired) electrons. The summed E-state index contributed by atoms with van der Waals surface area (Å²) in [5.74, 6) is -1.39. The van der Waals surface area contributed by atoms with Crippen LogP contribution in [0.5, 0.6) is 0 Å². The molecule has 1 aromatic rings. The average molecular weight is 540 g/mol. The Bertz CT molecular complexity index is 983. The standard InChI is InChI=1S/C27H36Cl2N2O5/c1-3-5-13-35-14-7-12-30-24(32)15-20-17-27(26(34)36-4-2)11-6-8-23(27)31(25(20)33)18-19-9-10-21(28)16-22(19)29/h8-10,16,20H,3-7,11-15,17-18H2,1-2H3,(H,30,32)/t20-,27+/m1/s1. The molecule has 1 N–H and O–H groups in total. The summed E-state index contributed by atoms with van der Waals surface area (Å²) in [4.78, 5) is 41.2. The molecule has 0 bridgehead atoms. The molecule has 1 saturated heterocycles. The third kappa shape index (κ3) is 6.81. The maximum absolute atomic E-state index is 13.6. The van der Waals surface area contributed by atoms with E-state index in [0.717, 1.165) is 19.4 Å². The maximum Gasteiger partial charge on any atom is 0.318 e. The number of nitrogens with zero attached hydrogens (tertiary/aromatic N) is 1. The zero-order valence-electron chi connectivity index (χ0n) is 21.1. The summed E-state index contributed by atoms with van der Waals surface area (Å²) in [6.07, 6.45) is 6.21. The summed E-state index contributed by atoms with van der Waals surface area (Å²) in [5, 5.41) is 3.83. The first-order valence-corrected chi connectivity index (χ1v) is 13.6. The quantitative estimate of drug-likeness (QED) is 0.272. The minimum atomic E-state index is -0.944. The van der Waals surface area contributed by atoms with Crippen molar-refractivity contribution in [3.63, 3.8) is 0 Å². The van der Waals surface area contributed by atoms with Gasteiger partial charge in [0.25, 0.3) is 0 Å². The van der Waals surface area contributed by atoms with E-state index in [1.54, 1.807) is 30.0 Å². The van der Waals surface area contributed by atoms with Gasteiger partial charge in [-0.05, 0) is 56.7 Å². The minimum Gasteiger partial charge on any atom is -0.465 e. The highest BCUT2D eigenvalue weighted by atomic mass is 35.5. The lowest BCUT2D eigenvalue weighted by atomic mass is 9.71. The predicted octanol–water partition coefficient (Wildman–Crippen LogP) is 5.28. The van der Waals surface area contributed by atoms with Gasteiger partial charge in [-0.25, -0.2) is 0 Å². The van der Waals surface area contributed by atoms with Crippen molar-refractivity contribution >= 4 is 41.0 Å². The molecule has 36 heavy (non-hydrogen) atoms. The van der Waals surface area contributed by atoms with E-state index in [2.05, 4.69) is 12.2 Å². The highest BCUT2D eigenvalue weighted by Crippen LogP contribution is 2.51. The number of fused-ring (bicyclic) bond motifs is 1. The number of likely N-dealkylation sites (tertiary alicyclic amines) is 1. The Morgan fingerprint density at radius 1 is 1.19 bits per heavy atom. The fraction of sp³-hybridized carbons (Fsp3) is 0.593. The van der Waals surface area contributed by atoms with Gasteiger partial charge in [0.1, 0.15) is 5.41 Å². The molecule has 1 aliphatic heterocycles. The lowest BCUT2D eigenvalue weighted by molar-refractivity contribution is -0.161. The predicted molar refractivity (Wildman–Crippen MR) is 139 cm³/mol. The van der Waals surface area contributed by atoms with Crippen LogP contribution in [0.3, 0.4) is 0 Å². The summed E-state index contributed by atoms with van der Waals surface area (Å²) in [7, 11) is 0. The number of amides is 2. The monoisotopic (exact) mass is 538 g/mol. The van der Waals surface area contributed by atoms with Crippen LogP contribution in [-0.4, -0.2) is 49.0 Å². The van der Waals surface area contributed by atoms with Crippen LogP contribution in [0.15, 0.2) is 30.0 Å². The van der Waals surface area contributed by atoms with Gasteiger partial charge in [-0.15, -0.1) is 0 Å². The average Bonchev–Trinajstić information content (AvgIpc) is 3.27. The van der Waals surface area contributed by atoms with E-state index >= 15 is 0 Å². The molecule has 0 aromatic heterocycles. The smallest absolute Gasteiger partial charge is 0.318 e. The summed E-state index contributed by atoms with van der Waals surface area (Å²) in [5.41, 5.74) is 0.423.